The molecule has 1 atom stereocenters. The third-order valence-electron chi connectivity index (χ3n) is 3.40. The summed E-state index contributed by atoms with van der Waals surface area (Å²) < 4.78 is 5.86. The molecule has 0 bridgehead atoms. The summed E-state index contributed by atoms with van der Waals surface area (Å²) >= 11 is 3.34. The van der Waals surface area contributed by atoms with Crippen molar-refractivity contribution in [3.8, 4) is 5.75 Å². The van der Waals surface area contributed by atoms with E-state index in [-0.39, 0.29) is 0 Å². The summed E-state index contributed by atoms with van der Waals surface area (Å²) in [6.07, 6.45) is 1.48. The topological polar surface area (TPSA) is 79.8 Å². The largest absolute Gasteiger partial charge is 0.497 e. The molecule has 0 aromatic heterocycles. The Kier molecular flexibility index (Phi) is 6.71. The van der Waals surface area contributed by atoms with Gasteiger partial charge in [-0.3, -0.25) is 9.59 Å². The van der Waals surface area contributed by atoms with E-state index < -0.39 is 17.7 Å². The van der Waals surface area contributed by atoms with E-state index in [1.807, 2.05) is 24.3 Å². The Bertz CT molecular complexity index is 793. The van der Waals surface area contributed by atoms with E-state index in [1.165, 1.54) is 13.1 Å². The van der Waals surface area contributed by atoms with Crippen LogP contribution >= 0.6 is 15.9 Å². The number of para-hydroxylation sites is 1. The highest BCUT2D eigenvalue weighted by Gasteiger charge is 2.21. The molecule has 1 unspecified atom stereocenters. The van der Waals surface area contributed by atoms with E-state index in [1.54, 1.807) is 31.4 Å². The lowest BCUT2D eigenvalue weighted by Gasteiger charge is -2.11. The molecule has 0 saturated carbocycles. The molecule has 0 spiro atoms. The number of nitrogens with one attached hydrogen (secondary N) is 2. The molecule has 130 valence electrons. The lowest BCUT2D eigenvalue weighted by molar-refractivity contribution is -0.131. The maximum absolute atomic E-state index is 12.2. The van der Waals surface area contributed by atoms with Crippen molar-refractivity contribution in [3.63, 3.8) is 0 Å². The number of hydrogen-bond donors (Lipinski definition) is 2. The number of ether oxygens (including phenoxy) is 1. The van der Waals surface area contributed by atoms with Crippen molar-refractivity contribution in [2.75, 3.05) is 12.4 Å². The number of hydrazone groups is 1. The summed E-state index contributed by atoms with van der Waals surface area (Å²) in [6.45, 7) is 1.52. The van der Waals surface area contributed by atoms with E-state index in [0.717, 1.165) is 10.0 Å². The highest BCUT2D eigenvalue weighted by Crippen LogP contribution is 2.21. The number of rotatable bonds is 6. The van der Waals surface area contributed by atoms with Gasteiger partial charge < -0.3 is 10.1 Å². The van der Waals surface area contributed by atoms with Gasteiger partial charge in [0.2, 0.25) is 5.91 Å². The fraction of sp³-hybridized carbons (Fsp3) is 0.167. The molecule has 2 amide bonds. The van der Waals surface area contributed by atoms with Gasteiger partial charge in [-0.15, -0.1) is 0 Å². The normalized spacial score (nSPS) is 11.8. The number of methoxy groups -OCH3 is 1. The first kappa shape index (κ1) is 18.7. The highest BCUT2D eigenvalue weighted by molar-refractivity contribution is 9.10. The second kappa shape index (κ2) is 8.98. The van der Waals surface area contributed by atoms with Crippen molar-refractivity contribution in [1.29, 1.82) is 0 Å². The Labute approximate surface area is 154 Å². The monoisotopic (exact) mass is 403 g/mol. The summed E-state index contributed by atoms with van der Waals surface area (Å²) in [6, 6.07) is 14.4. The van der Waals surface area contributed by atoms with Crippen LogP contribution in [0, 0.1) is 5.92 Å². The predicted octanol–water partition coefficient (Wildman–Crippen LogP) is 3.18. The SMILES string of the molecule is COc1cccc(C=NNC(=O)C(C)C(=O)Nc2ccccc2Br)c1. The molecule has 2 aromatic carbocycles. The quantitative estimate of drug-likeness (QED) is 0.441. The molecule has 0 aliphatic rings. The molecule has 2 aromatic rings. The van der Waals surface area contributed by atoms with E-state index in [2.05, 4.69) is 31.8 Å². The molecule has 0 aliphatic carbocycles. The van der Waals surface area contributed by atoms with Crippen molar-refractivity contribution >= 4 is 39.6 Å². The fourth-order valence-electron chi connectivity index (χ4n) is 1.91. The Morgan fingerprint density at radius 1 is 1.16 bits per heavy atom. The van der Waals surface area contributed by atoms with Gasteiger partial charge in [0.15, 0.2) is 0 Å². The number of nitrogens with zero attached hydrogens (tertiary/aromatic N) is 1. The summed E-state index contributed by atoms with van der Waals surface area (Å²) in [4.78, 5) is 24.2. The van der Waals surface area contributed by atoms with Gasteiger partial charge in [0.05, 0.1) is 19.0 Å². The molecule has 2 N–H and O–H groups in total. The fourth-order valence-corrected chi connectivity index (χ4v) is 2.30. The summed E-state index contributed by atoms with van der Waals surface area (Å²) in [5.74, 6) is -1.12. The Hall–Kier alpha value is -2.67. The maximum atomic E-state index is 12.2. The van der Waals surface area contributed by atoms with Crippen LogP contribution in [0.2, 0.25) is 0 Å². The molecule has 0 radical (unpaired) electrons. The first-order valence-electron chi connectivity index (χ1n) is 7.53. The van der Waals surface area contributed by atoms with Crippen LogP contribution in [0.4, 0.5) is 5.69 Å². The summed E-state index contributed by atoms with van der Waals surface area (Å²) in [5.41, 5.74) is 3.74. The smallest absolute Gasteiger partial charge is 0.252 e. The molecular weight excluding hydrogens is 386 g/mol. The van der Waals surface area contributed by atoms with Gasteiger partial charge in [-0.1, -0.05) is 24.3 Å². The van der Waals surface area contributed by atoms with Gasteiger partial charge in [0.1, 0.15) is 11.7 Å². The minimum absolute atomic E-state index is 0.416. The predicted molar refractivity (Wildman–Crippen MR) is 101 cm³/mol. The zero-order valence-corrected chi connectivity index (χ0v) is 15.4. The van der Waals surface area contributed by atoms with Gasteiger partial charge in [-0.2, -0.15) is 5.10 Å². The molecule has 2 rings (SSSR count). The number of carbonyl (C=O) groups excluding carboxylic acids is 2. The van der Waals surface area contributed by atoms with Crippen molar-refractivity contribution in [1.82, 2.24) is 5.43 Å². The average Bonchev–Trinajstić information content (AvgIpc) is 2.63. The summed E-state index contributed by atoms with van der Waals surface area (Å²) in [5, 5.41) is 6.57. The zero-order valence-electron chi connectivity index (χ0n) is 13.8. The third kappa shape index (κ3) is 5.42. The molecule has 0 heterocycles. The number of carbonyl (C=O) groups is 2. The van der Waals surface area contributed by atoms with Crippen LogP contribution in [-0.4, -0.2) is 25.1 Å². The van der Waals surface area contributed by atoms with Crippen molar-refractivity contribution < 1.29 is 14.3 Å². The van der Waals surface area contributed by atoms with Crippen molar-refractivity contribution in [2.45, 2.75) is 6.92 Å². The molecule has 6 nitrogen and oxygen atoms in total. The Morgan fingerprint density at radius 3 is 2.64 bits per heavy atom. The average molecular weight is 404 g/mol. The van der Waals surface area contributed by atoms with Gasteiger partial charge in [-0.25, -0.2) is 5.43 Å². The summed E-state index contributed by atoms with van der Waals surface area (Å²) in [7, 11) is 1.57. The van der Waals surface area contributed by atoms with Gasteiger partial charge in [0.25, 0.3) is 5.91 Å². The van der Waals surface area contributed by atoms with Crippen LogP contribution in [-0.2, 0) is 9.59 Å². The molecule has 7 heteroatoms. The molecular formula is C18H18BrN3O3. The van der Waals surface area contributed by atoms with E-state index in [0.29, 0.717) is 11.4 Å². The van der Waals surface area contributed by atoms with Crippen molar-refractivity contribution in [3.05, 3.63) is 58.6 Å². The Balaban J connectivity index is 1.92. The van der Waals surface area contributed by atoms with E-state index >= 15 is 0 Å². The first-order valence-corrected chi connectivity index (χ1v) is 8.33. The van der Waals surface area contributed by atoms with Crippen molar-refractivity contribution in [2.24, 2.45) is 11.0 Å². The van der Waals surface area contributed by atoms with Crippen LogP contribution in [0.1, 0.15) is 12.5 Å². The van der Waals surface area contributed by atoms with Gasteiger partial charge in [-0.05, 0) is 52.7 Å². The first-order chi connectivity index (χ1) is 12.0. The molecule has 0 fully saturated rings. The number of hydrogen-bond acceptors (Lipinski definition) is 4. The third-order valence-corrected chi connectivity index (χ3v) is 4.09. The van der Waals surface area contributed by atoms with Gasteiger partial charge in [0, 0.05) is 4.47 Å². The molecule has 0 aliphatic heterocycles. The van der Waals surface area contributed by atoms with E-state index in [4.69, 9.17) is 4.74 Å². The molecule has 25 heavy (non-hydrogen) atoms. The van der Waals surface area contributed by atoms with Crippen LogP contribution in [0.5, 0.6) is 5.75 Å². The number of halogens is 1. The number of benzene rings is 2. The molecule has 0 saturated heterocycles. The number of amides is 2. The van der Waals surface area contributed by atoms with Crippen LogP contribution in [0.3, 0.4) is 0 Å². The van der Waals surface area contributed by atoms with Crippen LogP contribution < -0.4 is 15.5 Å². The second-order valence-electron chi connectivity index (χ2n) is 5.20. The van der Waals surface area contributed by atoms with E-state index in [9.17, 15) is 9.59 Å². The maximum Gasteiger partial charge on any atom is 0.252 e. The lowest BCUT2D eigenvalue weighted by Crippen LogP contribution is -2.34. The minimum atomic E-state index is -0.894. The second-order valence-corrected chi connectivity index (χ2v) is 6.06. The number of anilines is 1. The highest BCUT2D eigenvalue weighted by atomic mass is 79.9. The van der Waals surface area contributed by atoms with Crippen LogP contribution in [0.15, 0.2) is 58.1 Å². The Morgan fingerprint density at radius 2 is 1.92 bits per heavy atom. The minimum Gasteiger partial charge on any atom is -0.497 e. The van der Waals surface area contributed by atoms with Gasteiger partial charge >= 0.3 is 0 Å². The van der Waals surface area contributed by atoms with Crippen LogP contribution in [0.25, 0.3) is 0 Å². The zero-order chi connectivity index (χ0) is 18.2. The standard InChI is InChI=1S/C18H18BrN3O3/c1-12(17(23)21-16-9-4-3-8-15(16)19)18(24)22-20-11-13-6-5-7-14(10-13)25-2/h3-12H,1-2H3,(H,21,23)(H,22,24). The lowest BCUT2D eigenvalue weighted by atomic mass is 10.1.